The van der Waals surface area contributed by atoms with Crippen molar-refractivity contribution in [2.75, 3.05) is 40.3 Å². The smallest absolute Gasteiger partial charge is 0.253 e. The number of sulfonamides is 1. The minimum Gasteiger partial charge on any atom is -0.339 e. The lowest BCUT2D eigenvalue weighted by atomic mass is 10.1. The van der Waals surface area contributed by atoms with E-state index in [1.807, 2.05) is 19.0 Å². The molecule has 6 nitrogen and oxygen atoms in total. The Labute approximate surface area is 138 Å². The van der Waals surface area contributed by atoms with Crippen LogP contribution in [0.3, 0.4) is 0 Å². The Morgan fingerprint density at radius 3 is 2.57 bits per heavy atom. The molecule has 1 aliphatic heterocycles. The Morgan fingerprint density at radius 2 is 1.91 bits per heavy atom. The van der Waals surface area contributed by atoms with Crippen molar-refractivity contribution in [2.24, 2.45) is 0 Å². The number of carbonyl (C=O) groups excluding carboxylic acids is 1. The van der Waals surface area contributed by atoms with Crippen LogP contribution in [0.15, 0.2) is 29.2 Å². The number of piperidine rings is 1. The quantitative estimate of drug-likeness (QED) is 0.844. The zero-order valence-corrected chi connectivity index (χ0v) is 14.6. The van der Waals surface area contributed by atoms with Crippen molar-refractivity contribution in [3.8, 4) is 0 Å². The van der Waals surface area contributed by atoms with E-state index in [0.29, 0.717) is 18.7 Å². The molecule has 1 heterocycles. The highest BCUT2D eigenvalue weighted by molar-refractivity contribution is 7.89. The van der Waals surface area contributed by atoms with Gasteiger partial charge in [-0.1, -0.05) is 6.07 Å². The minimum atomic E-state index is -3.59. The minimum absolute atomic E-state index is 0.0879. The second-order valence-electron chi connectivity index (χ2n) is 6.08. The zero-order valence-electron chi connectivity index (χ0n) is 13.8. The van der Waals surface area contributed by atoms with Crippen LogP contribution in [0, 0.1) is 0 Å². The zero-order chi connectivity index (χ0) is 16.9. The van der Waals surface area contributed by atoms with Crippen LogP contribution >= 0.6 is 0 Å². The number of hydrogen-bond acceptors (Lipinski definition) is 4. The average Bonchev–Trinajstić information content (AvgIpc) is 2.54. The third kappa shape index (κ3) is 5.02. The number of amides is 1. The lowest BCUT2D eigenvalue weighted by molar-refractivity contribution is 0.0724. The molecule has 0 spiro atoms. The second-order valence-corrected chi connectivity index (χ2v) is 7.85. The third-order valence-electron chi connectivity index (χ3n) is 3.89. The molecule has 1 saturated heterocycles. The van der Waals surface area contributed by atoms with E-state index in [1.165, 1.54) is 12.1 Å². The maximum Gasteiger partial charge on any atom is 0.253 e. The van der Waals surface area contributed by atoms with Gasteiger partial charge in [0.05, 0.1) is 4.90 Å². The van der Waals surface area contributed by atoms with Crippen molar-refractivity contribution in [3.63, 3.8) is 0 Å². The summed E-state index contributed by atoms with van der Waals surface area (Å²) in [6.45, 7) is 2.44. The Kier molecular flexibility index (Phi) is 6.15. The Hall–Kier alpha value is -1.44. The van der Waals surface area contributed by atoms with Crippen LogP contribution in [0.5, 0.6) is 0 Å². The molecule has 128 valence electrons. The van der Waals surface area contributed by atoms with Crippen molar-refractivity contribution in [2.45, 2.75) is 24.2 Å². The third-order valence-corrected chi connectivity index (χ3v) is 5.34. The van der Waals surface area contributed by atoms with Crippen LogP contribution in [0.4, 0.5) is 0 Å². The normalized spacial score (nSPS) is 15.9. The van der Waals surface area contributed by atoms with Crippen LogP contribution in [0.25, 0.3) is 0 Å². The van der Waals surface area contributed by atoms with E-state index in [0.717, 1.165) is 32.4 Å². The lowest BCUT2D eigenvalue weighted by Gasteiger charge is -2.26. The number of rotatable bonds is 6. The second kappa shape index (κ2) is 7.90. The van der Waals surface area contributed by atoms with Crippen molar-refractivity contribution in [3.05, 3.63) is 29.8 Å². The summed E-state index contributed by atoms with van der Waals surface area (Å²) in [4.78, 5) is 16.3. The molecule has 2 rings (SSSR count). The largest absolute Gasteiger partial charge is 0.339 e. The van der Waals surface area contributed by atoms with Crippen LogP contribution in [-0.4, -0.2) is 64.4 Å². The van der Waals surface area contributed by atoms with Gasteiger partial charge in [0, 0.05) is 31.7 Å². The number of nitrogens with zero attached hydrogens (tertiary/aromatic N) is 2. The molecule has 1 aromatic rings. The van der Waals surface area contributed by atoms with Gasteiger partial charge in [0.15, 0.2) is 0 Å². The van der Waals surface area contributed by atoms with Crippen LogP contribution in [0.1, 0.15) is 29.6 Å². The molecular weight excluding hydrogens is 314 g/mol. The van der Waals surface area contributed by atoms with Gasteiger partial charge in [-0.05, 0) is 51.6 Å². The maximum atomic E-state index is 12.5. The number of likely N-dealkylation sites (tertiary alicyclic amines) is 1. The predicted octanol–water partition coefficient (Wildman–Crippen LogP) is 1.15. The molecule has 7 heteroatoms. The molecule has 0 aromatic heterocycles. The number of hydrogen-bond donors (Lipinski definition) is 1. The van der Waals surface area contributed by atoms with Crippen molar-refractivity contribution in [1.29, 1.82) is 0 Å². The van der Waals surface area contributed by atoms with E-state index in [9.17, 15) is 13.2 Å². The van der Waals surface area contributed by atoms with E-state index in [2.05, 4.69) is 4.72 Å². The summed E-state index contributed by atoms with van der Waals surface area (Å²) in [6.07, 6.45) is 3.17. The highest BCUT2D eigenvalue weighted by Crippen LogP contribution is 2.16. The van der Waals surface area contributed by atoms with E-state index in [-0.39, 0.29) is 10.8 Å². The number of likely N-dealkylation sites (N-methyl/N-ethyl adjacent to an activating group) is 1. The fourth-order valence-corrected chi connectivity index (χ4v) is 3.63. The van der Waals surface area contributed by atoms with E-state index >= 15 is 0 Å². The highest BCUT2D eigenvalue weighted by atomic mass is 32.2. The number of benzene rings is 1. The van der Waals surface area contributed by atoms with Gasteiger partial charge in [0.1, 0.15) is 0 Å². The molecule has 0 saturated carbocycles. The molecule has 1 aliphatic rings. The van der Waals surface area contributed by atoms with E-state index < -0.39 is 10.0 Å². The average molecular weight is 339 g/mol. The predicted molar refractivity (Wildman–Crippen MR) is 89.9 cm³/mol. The molecule has 0 radical (unpaired) electrons. The van der Waals surface area contributed by atoms with Crippen LogP contribution < -0.4 is 4.72 Å². The fourth-order valence-electron chi connectivity index (χ4n) is 2.56. The highest BCUT2D eigenvalue weighted by Gasteiger charge is 2.20. The molecule has 0 atom stereocenters. The molecule has 0 unspecified atom stereocenters. The van der Waals surface area contributed by atoms with Gasteiger partial charge in [-0.2, -0.15) is 0 Å². The molecule has 23 heavy (non-hydrogen) atoms. The van der Waals surface area contributed by atoms with Crippen molar-refractivity contribution < 1.29 is 13.2 Å². The van der Waals surface area contributed by atoms with Gasteiger partial charge in [-0.25, -0.2) is 13.1 Å². The van der Waals surface area contributed by atoms with Crippen molar-refractivity contribution in [1.82, 2.24) is 14.5 Å². The van der Waals surface area contributed by atoms with E-state index in [1.54, 1.807) is 17.0 Å². The maximum absolute atomic E-state index is 12.5. The Balaban J connectivity index is 2.10. The van der Waals surface area contributed by atoms with Crippen LogP contribution in [0.2, 0.25) is 0 Å². The molecule has 1 aromatic carbocycles. The van der Waals surface area contributed by atoms with Gasteiger partial charge >= 0.3 is 0 Å². The Bertz CT molecular complexity index is 638. The first-order valence-corrected chi connectivity index (χ1v) is 9.42. The van der Waals surface area contributed by atoms with Gasteiger partial charge in [-0.15, -0.1) is 0 Å². The first kappa shape index (κ1) is 17.9. The Morgan fingerprint density at radius 1 is 1.22 bits per heavy atom. The standard InChI is InChI=1S/C16H25N3O3S/c1-18(2)12-9-17-23(21,22)15-8-6-7-14(13-15)16(20)19-10-4-3-5-11-19/h6-8,13,17H,3-5,9-12H2,1-2H3. The molecule has 1 amide bonds. The molecule has 0 aliphatic carbocycles. The topological polar surface area (TPSA) is 69.7 Å². The summed E-state index contributed by atoms with van der Waals surface area (Å²) in [6, 6.07) is 6.29. The van der Waals surface area contributed by atoms with Gasteiger partial charge in [-0.3, -0.25) is 4.79 Å². The summed E-state index contributed by atoms with van der Waals surface area (Å²) < 4.78 is 27.2. The lowest BCUT2D eigenvalue weighted by Crippen LogP contribution is -2.36. The first-order chi connectivity index (χ1) is 10.9. The summed E-state index contributed by atoms with van der Waals surface area (Å²) >= 11 is 0. The summed E-state index contributed by atoms with van der Waals surface area (Å²) in [7, 11) is 0.172. The summed E-state index contributed by atoms with van der Waals surface area (Å²) in [5.74, 6) is -0.0879. The summed E-state index contributed by atoms with van der Waals surface area (Å²) in [5.41, 5.74) is 0.433. The van der Waals surface area contributed by atoms with Crippen LogP contribution in [-0.2, 0) is 10.0 Å². The molecule has 0 bridgehead atoms. The number of nitrogens with one attached hydrogen (secondary N) is 1. The fraction of sp³-hybridized carbons (Fsp3) is 0.562. The van der Waals surface area contributed by atoms with Gasteiger partial charge in [0.25, 0.3) is 5.91 Å². The van der Waals surface area contributed by atoms with Gasteiger partial charge < -0.3 is 9.80 Å². The van der Waals surface area contributed by atoms with E-state index in [4.69, 9.17) is 0 Å². The molecular formula is C16H25N3O3S. The first-order valence-electron chi connectivity index (χ1n) is 7.94. The molecule has 1 fully saturated rings. The SMILES string of the molecule is CN(C)CCNS(=O)(=O)c1cccc(C(=O)N2CCCCC2)c1. The molecule has 1 N–H and O–H groups in total. The summed E-state index contributed by atoms with van der Waals surface area (Å²) in [5, 5.41) is 0. The monoisotopic (exact) mass is 339 g/mol. The van der Waals surface area contributed by atoms with Gasteiger partial charge in [0.2, 0.25) is 10.0 Å². The van der Waals surface area contributed by atoms with Crippen molar-refractivity contribution >= 4 is 15.9 Å². The number of carbonyl (C=O) groups is 1.